The van der Waals surface area contributed by atoms with Crippen LogP contribution in [0.25, 0.3) is 0 Å². The van der Waals surface area contributed by atoms with Crippen LogP contribution in [0.1, 0.15) is 97.5 Å². The Hall–Kier alpha value is -3.38. The molecule has 350 valence electrons. The molecule has 0 aliphatic carbocycles. The number of esters is 2. The van der Waals surface area contributed by atoms with Crippen LogP contribution in [-0.2, 0) is 34.1 Å². The predicted octanol–water partition coefficient (Wildman–Crippen LogP) is 10.2. The molecule has 3 aliphatic rings. The van der Waals surface area contributed by atoms with E-state index in [4.69, 9.17) is 23.7 Å². The Morgan fingerprint density at radius 3 is 2.30 bits per heavy atom. The maximum atomic E-state index is 14.0. The fraction of sp³-hybridized carbons (Fsp3) is 0.625. The number of benzene rings is 1. The third-order valence-corrected chi connectivity index (χ3v) is 14.4. The van der Waals surface area contributed by atoms with Crippen molar-refractivity contribution in [2.45, 2.75) is 140 Å². The Labute approximate surface area is 384 Å². The van der Waals surface area contributed by atoms with E-state index in [0.717, 1.165) is 12.0 Å². The molecule has 11 nitrogen and oxygen atoms in total. The van der Waals surface area contributed by atoms with Crippen LogP contribution >= 0.6 is 22.6 Å². The van der Waals surface area contributed by atoms with Gasteiger partial charge in [0.2, 0.25) is 5.76 Å². The van der Waals surface area contributed by atoms with Crippen LogP contribution in [0.15, 0.2) is 93.9 Å². The average molecular weight is 999 g/mol. The maximum Gasteiger partial charge on any atom is 0.442 e. The van der Waals surface area contributed by atoms with Crippen molar-refractivity contribution >= 4 is 34.5 Å². The number of alkyl halides is 4. The zero-order chi connectivity index (χ0) is 47.0. The number of methoxy groups -OCH3 is 2. The van der Waals surface area contributed by atoms with E-state index >= 15 is 0 Å². The van der Waals surface area contributed by atoms with Crippen LogP contribution in [0.5, 0.6) is 0 Å². The van der Waals surface area contributed by atoms with Crippen LogP contribution in [0, 0.1) is 35.5 Å². The molecule has 1 aromatic carbocycles. The molecule has 4 rings (SSSR count). The number of nitrogens with zero attached hydrogens (tertiary/aromatic N) is 2. The first-order chi connectivity index (χ1) is 29.6. The Morgan fingerprint density at radius 2 is 1.75 bits per heavy atom. The number of allylic oxidation sites excluding steroid dienone is 6. The summed E-state index contributed by atoms with van der Waals surface area (Å²) >= 11 is 2.46. The number of hydrogen-bond donors (Lipinski definition) is 2. The predicted molar refractivity (Wildman–Crippen MR) is 243 cm³/mol. The summed E-state index contributed by atoms with van der Waals surface area (Å²) in [5.74, 6) is -3.66. The van der Waals surface area contributed by atoms with E-state index in [-0.39, 0.29) is 40.9 Å². The Morgan fingerprint density at radius 1 is 1.10 bits per heavy atom. The number of halogens is 4. The van der Waals surface area contributed by atoms with Crippen LogP contribution < -0.4 is 0 Å². The Kier molecular flexibility index (Phi) is 18.8. The van der Waals surface area contributed by atoms with Gasteiger partial charge >= 0.3 is 23.8 Å². The third kappa shape index (κ3) is 12.7. The van der Waals surface area contributed by atoms with Crippen molar-refractivity contribution in [1.29, 1.82) is 0 Å². The van der Waals surface area contributed by atoms with Gasteiger partial charge < -0.3 is 33.9 Å². The van der Waals surface area contributed by atoms with Crippen LogP contribution in [0.3, 0.4) is 0 Å². The molecule has 0 bridgehead atoms. The van der Waals surface area contributed by atoms with E-state index in [2.05, 4.69) is 45.8 Å². The van der Waals surface area contributed by atoms with Gasteiger partial charge in [0.05, 0.1) is 37.1 Å². The highest BCUT2D eigenvalue weighted by Crippen LogP contribution is 2.52. The molecule has 1 aromatic rings. The highest BCUT2D eigenvalue weighted by molar-refractivity contribution is 14.1. The lowest BCUT2D eigenvalue weighted by Crippen LogP contribution is -2.49. The van der Waals surface area contributed by atoms with Gasteiger partial charge in [-0.15, -0.1) is 10.2 Å². The average Bonchev–Trinajstić information content (AvgIpc) is 4.07. The molecule has 0 aromatic heterocycles. The summed E-state index contributed by atoms with van der Waals surface area (Å²) in [5, 5.41) is 30.4. The highest BCUT2D eigenvalue weighted by atomic mass is 127. The van der Waals surface area contributed by atoms with Gasteiger partial charge in [0.25, 0.3) is 0 Å². The van der Waals surface area contributed by atoms with Crippen molar-refractivity contribution < 1.29 is 56.7 Å². The first kappa shape index (κ1) is 52.2. The molecule has 63 heavy (non-hydrogen) atoms. The van der Waals surface area contributed by atoms with Gasteiger partial charge in [0.15, 0.2) is 0 Å². The highest BCUT2D eigenvalue weighted by Gasteiger charge is 2.65. The van der Waals surface area contributed by atoms with Crippen molar-refractivity contribution in [3.8, 4) is 0 Å². The summed E-state index contributed by atoms with van der Waals surface area (Å²) < 4.78 is 71.7. The topological polar surface area (TPSA) is 145 Å². The lowest BCUT2D eigenvalue weighted by atomic mass is 9.79. The van der Waals surface area contributed by atoms with Gasteiger partial charge in [0.1, 0.15) is 18.3 Å². The molecular formula is C48H66F3IN2O9. The van der Waals surface area contributed by atoms with E-state index in [1.165, 1.54) is 44.6 Å². The molecule has 15 heteroatoms. The van der Waals surface area contributed by atoms with E-state index in [0.29, 0.717) is 28.3 Å². The summed E-state index contributed by atoms with van der Waals surface area (Å²) in [6.07, 6.45) is 4.78. The van der Waals surface area contributed by atoms with E-state index in [1.54, 1.807) is 25.2 Å². The number of aliphatic hydroxyl groups excluding tert-OH is 2. The lowest BCUT2D eigenvalue weighted by molar-refractivity contribution is -0.166. The zero-order valence-corrected chi connectivity index (χ0v) is 40.4. The minimum Gasteiger partial charge on any atom is -0.490 e. The molecule has 0 spiro atoms. The molecule has 1 fully saturated rings. The molecule has 0 unspecified atom stereocenters. The van der Waals surface area contributed by atoms with E-state index < -0.39 is 72.1 Å². The molecule has 0 saturated carbocycles. The van der Waals surface area contributed by atoms with E-state index in [1.807, 2.05) is 60.6 Å². The fourth-order valence-corrected chi connectivity index (χ4v) is 9.70. The molecule has 2 N–H and O–H groups in total. The fourth-order valence-electron chi connectivity index (χ4n) is 8.79. The number of carbonyl (C=O) groups excluding carboxylic acids is 2. The molecule has 3 aliphatic heterocycles. The maximum absolute atomic E-state index is 14.0. The molecule has 1 saturated heterocycles. The van der Waals surface area contributed by atoms with Crippen LogP contribution in [0.4, 0.5) is 13.2 Å². The zero-order valence-electron chi connectivity index (χ0n) is 38.2. The number of rotatable bonds is 11. The normalized spacial score (nSPS) is 35.5. The summed E-state index contributed by atoms with van der Waals surface area (Å²) in [5.41, 5.74) is -1.30. The molecule has 0 amide bonds. The molecule has 3 heterocycles. The summed E-state index contributed by atoms with van der Waals surface area (Å²) in [7, 11) is 2.86. The first-order valence-corrected chi connectivity index (χ1v) is 23.0. The molecule has 0 radical (unpaired) electrons. The first-order valence-electron chi connectivity index (χ1n) is 21.8. The SMILES string of the molecule is C/C=C/[C@H]1O[C@@H]([C@@H](C)[C@H](O)[C@H](C)[C@H]2OC(=O)/C(OC)=C/C(C)=C/[C@@H](C)[C@@H](O)[C@@H](CC)[C@@H](OC(=O)c3ccc(C4(C(F)(F)F)N=N4)cc3)[C@H](C)C/C(C)=C/C=C/[C@@H]2OC)C[C@H](I)[C@@H]1C. The van der Waals surface area contributed by atoms with Gasteiger partial charge in [0, 0.05) is 40.3 Å². The number of cyclic esters (lactones) is 1. The van der Waals surface area contributed by atoms with Crippen LogP contribution in [0.2, 0.25) is 0 Å². The standard InChI is InChI=1S/C48H66F3IN2O9/c1-12-15-37-30(7)36(52)25-39(61-37)31(8)42(56)32(9)44-38(59-10)17-14-16-26(3)22-29(6)43(35(13-2)41(55)28(5)23-27(4)24-40(60-11)46(58)63-44)62-45(57)33-18-20-34(21-19-33)47(53-54-47)48(49,50)51/h12,14-21,23-24,28-32,35-39,41-44,55-56H,13,22,25H2,1-11H3/b15-12+,17-14+,26-16+,27-23+,40-24-/t28-,29-,30+,31-,32+,35-,36+,37-,38+,39-,41-,42+,43+,44-/m1/s1. The summed E-state index contributed by atoms with van der Waals surface area (Å²) in [6, 6.07) is 4.86. The van der Waals surface area contributed by atoms with Gasteiger partial charge in [-0.2, -0.15) is 13.2 Å². The monoisotopic (exact) mass is 998 g/mol. The van der Waals surface area contributed by atoms with Crippen molar-refractivity contribution in [3.05, 3.63) is 94.8 Å². The Bertz CT molecular complexity index is 1890. The summed E-state index contributed by atoms with van der Waals surface area (Å²) in [4.78, 5) is 27.7. The quantitative estimate of drug-likeness (QED) is 0.0958. The van der Waals surface area contributed by atoms with Crippen molar-refractivity contribution in [1.82, 2.24) is 0 Å². The number of hydrogen-bond acceptors (Lipinski definition) is 11. The smallest absolute Gasteiger partial charge is 0.442 e. The van der Waals surface area contributed by atoms with Crippen molar-refractivity contribution in [2.75, 3.05) is 14.2 Å². The third-order valence-electron chi connectivity index (χ3n) is 12.8. The lowest BCUT2D eigenvalue weighted by Gasteiger charge is -2.42. The number of aliphatic hydroxyl groups is 2. The van der Waals surface area contributed by atoms with Crippen LogP contribution in [-0.4, -0.2) is 89.2 Å². The second kappa shape index (κ2) is 22.7. The minimum absolute atomic E-state index is 0.0395. The molecular weight excluding hydrogens is 932 g/mol. The van der Waals surface area contributed by atoms with Gasteiger partial charge in [-0.25, -0.2) is 9.59 Å². The van der Waals surface area contributed by atoms with Crippen molar-refractivity contribution in [3.63, 3.8) is 0 Å². The van der Waals surface area contributed by atoms with Gasteiger partial charge in [-0.05, 0) is 70.1 Å². The second-order valence-electron chi connectivity index (χ2n) is 17.5. The Balaban J connectivity index is 1.69. The van der Waals surface area contributed by atoms with Gasteiger partial charge in [-0.1, -0.05) is 124 Å². The number of carbonyl (C=O) groups is 2. The minimum atomic E-state index is -4.71. The second-order valence-corrected chi connectivity index (χ2v) is 19.1. The number of ether oxygens (including phenoxy) is 5. The molecule has 14 atom stereocenters. The largest absolute Gasteiger partial charge is 0.490 e. The summed E-state index contributed by atoms with van der Waals surface area (Å²) in [6.45, 7) is 17.2. The van der Waals surface area contributed by atoms with Crippen molar-refractivity contribution in [2.24, 2.45) is 45.7 Å². The van der Waals surface area contributed by atoms with Gasteiger partial charge in [-0.3, -0.25) is 0 Å². The van der Waals surface area contributed by atoms with E-state index in [9.17, 15) is 33.0 Å².